The molecule has 230 valence electrons. The van der Waals surface area contributed by atoms with E-state index in [1.165, 1.54) is 23.8 Å². The Morgan fingerprint density at radius 1 is 1.07 bits per heavy atom. The molecule has 4 aromatic rings. The minimum Gasteiger partial charge on any atom is -0.486 e. The van der Waals surface area contributed by atoms with Crippen molar-refractivity contribution < 1.29 is 27.1 Å². The van der Waals surface area contributed by atoms with Gasteiger partial charge in [-0.3, -0.25) is 9.69 Å². The van der Waals surface area contributed by atoms with Crippen molar-refractivity contribution in [2.75, 3.05) is 44.2 Å². The first-order valence-corrected chi connectivity index (χ1v) is 14.2. The van der Waals surface area contributed by atoms with Gasteiger partial charge in [-0.25, -0.2) is 18.7 Å². The SMILES string of the molecule is N#Cc1ccc2[nH]cc(CCCCN3CCN(c4ncc(-c5ccc(C(N)=O)c(OCC(F)(F)C(F)F)c5)cn4)CC3)c2c1. The number of amides is 1. The molecular formula is C31H31F4N7O2. The smallest absolute Gasteiger partial charge is 0.340 e. The maximum absolute atomic E-state index is 13.4. The van der Waals surface area contributed by atoms with Crippen LogP contribution >= 0.6 is 0 Å². The average molecular weight is 610 g/mol. The molecule has 0 radical (unpaired) electrons. The van der Waals surface area contributed by atoms with Gasteiger partial charge in [-0.15, -0.1) is 0 Å². The minimum atomic E-state index is -4.39. The number of rotatable bonds is 12. The molecular weight excluding hydrogens is 578 g/mol. The molecule has 44 heavy (non-hydrogen) atoms. The number of carbonyl (C=O) groups excluding carboxylic acids is 1. The summed E-state index contributed by atoms with van der Waals surface area (Å²) in [4.78, 5) is 28.4. The molecule has 0 spiro atoms. The number of primary amides is 1. The molecule has 0 bridgehead atoms. The number of hydrogen-bond acceptors (Lipinski definition) is 7. The normalized spacial score (nSPS) is 14.2. The maximum atomic E-state index is 13.4. The van der Waals surface area contributed by atoms with Crippen LogP contribution in [-0.2, 0) is 6.42 Å². The molecule has 1 aliphatic heterocycles. The van der Waals surface area contributed by atoms with Crippen LogP contribution in [0.2, 0.25) is 0 Å². The lowest BCUT2D eigenvalue weighted by Crippen LogP contribution is -2.47. The molecule has 0 saturated carbocycles. The number of aryl methyl sites for hydroxylation is 1. The highest BCUT2D eigenvalue weighted by molar-refractivity contribution is 5.96. The standard InChI is InChI=1S/C31H31F4N7O2/c32-29(33)31(34,35)19-44-27-14-21(5-6-24(27)28(37)43)23-17-39-30(40-18-23)42-11-9-41(10-12-42)8-2-1-3-22-16-38-26-7-4-20(15-36)13-25(22)26/h4-7,13-14,16-18,29,38H,1-3,8-12,19H2,(H2,37,43). The second-order valence-electron chi connectivity index (χ2n) is 10.7. The number of aromatic amines is 1. The summed E-state index contributed by atoms with van der Waals surface area (Å²) >= 11 is 0. The van der Waals surface area contributed by atoms with E-state index in [0.29, 0.717) is 22.6 Å². The van der Waals surface area contributed by atoms with Crippen molar-refractivity contribution >= 4 is 22.8 Å². The monoisotopic (exact) mass is 609 g/mol. The second kappa shape index (κ2) is 13.3. The van der Waals surface area contributed by atoms with Gasteiger partial charge in [-0.1, -0.05) is 6.07 Å². The molecule has 5 rings (SSSR count). The van der Waals surface area contributed by atoms with Crippen molar-refractivity contribution in [2.45, 2.75) is 31.6 Å². The predicted octanol–water partition coefficient (Wildman–Crippen LogP) is 5.02. The number of nitrogens with two attached hydrogens (primary N) is 1. The number of carbonyl (C=O) groups is 1. The summed E-state index contributed by atoms with van der Waals surface area (Å²) in [5.41, 5.74) is 8.98. The van der Waals surface area contributed by atoms with E-state index in [9.17, 15) is 27.6 Å². The average Bonchev–Trinajstić information content (AvgIpc) is 3.44. The van der Waals surface area contributed by atoms with E-state index < -0.39 is 24.9 Å². The fraction of sp³-hybridized carbons (Fsp3) is 0.355. The summed E-state index contributed by atoms with van der Waals surface area (Å²) in [6.45, 7) is 2.60. The number of benzene rings is 2. The number of halogens is 4. The molecule has 2 aromatic carbocycles. The summed E-state index contributed by atoms with van der Waals surface area (Å²) < 4.78 is 56.8. The van der Waals surface area contributed by atoms with Crippen LogP contribution in [0.25, 0.3) is 22.0 Å². The van der Waals surface area contributed by atoms with E-state index >= 15 is 0 Å². The zero-order valence-corrected chi connectivity index (χ0v) is 23.8. The molecule has 1 saturated heterocycles. The van der Waals surface area contributed by atoms with Crippen LogP contribution in [0.1, 0.15) is 34.3 Å². The fourth-order valence-corrected chi connectivity index (χ4v) is 5.17. The summed E-state index contributed by atoms with van der Waals surface area (Å²) in [6.07, 6.45) is 4.27. The molecule has 9 nitrogen and oxygen atoms in total. The Morgan fingerprint density at radius 3 is 2.50 bits per heavy atom. The van der Waals surface area contributed by atoms with Gasteiger partial charge in [-0.05, 0) is 67.3 Å². The fourth-order valence-electron chi connectivity index (χ4n) is 5.17. The van der Waals surface area contributed by atoms with Gasteiger partial charge in [-0.2, -0.15) is 14.0 Å². The zero-order chi connectivity index (χ0) is 31.3. The van der Waals surface area contributed by atoms with Crippen LogP contribution in [0.4, 0.5) is 23.5 Å². The molecule has 1 amide bonds. The molecule has 13 heteroatoms. The van der Waals surface area contributed by atoms with Gasteiger partial charge in [0.15, 0.2) is 6.61 Å². The van der Waals surface area contributed by atoms with Gasteiger partial charge in [0.2, 0.25) is 5.95 Å². The van der Waals surface area contributed by atoms with E-state index in [1.54, 1.807) is 12.4 Å². The third kappa shape index (κ3) is 7.08. The number of unbranched alkanes of at least 4 members (excludes halogenated alkanes) is 1. The first kappa shape index (κ1) is 30.7. The zero-order valence-electron chi connectivity index (χ0n) is 23.8. The Hall–Kier alpha value is -4.70. The Bertz CT molecular complexity index is 1650. The quantitative estimate of drug-likeness (QED) is 0.171. The van der Waals surface area contributed by atoms with Crippen LogP contribution in [0.15, 0.2) is 55.0 Å². The topological polar surface area (TPSA) is 124 Å². The number of ether oxygens (including phenoxy) is 1. The number of anilines is 1. The number of piperazine rings is 1. The summed E-state index contributed by atoms with van der Waals surface area (Å²) in [6, 6.07) is 12.0. The van der Waals surface area contributed by atoms with Crippen LogP contribution in [-0.4, -0.2) is 77.4 Å². The number of alkyl halides is 4. The second-order valence-corrected chi connectivity index (χ2v) is 10.7. The van der Waals surface area contributed by atoms with Gasteiger partial charge in [0.1, 0.15) is 5.75 Å². The van der Waals surface area contributed by atoms with E-state index in [0.717, 1.165) is 62.9 Å². The number of nitriles is 1. The highest BCUT2D eigenvalue weighted by Crippen LogP contribution is 2.30. The van der Waals surface area contributed by atoms with E-state index in [2.05, 4.69) is 30.8 Å². The van der Waals surface area contributed by atoms with Gasteiger partial charge in [0.05, 0.1) is 17.2 Å². The molecule has 2 aromatic heterocycles. The van der Waals surface area contributed by atoms with Crippen molar-refractivity contribution in [3.63, 3.8) is 0 Å². The lowest BCUT2D eigenvalue weighted by atomic mass is 10.1. The summed E-state index contributed by atoms with van der Waals surface area (Å²) in [5, 5.41) is 10.3. The third-order valence-electron chi connectivity index (χ3n) is 7.68. The van der Waals surface area contributed by atoms with E-state index in [1.807, 2.05) is 24.4 Å². The lowest BCUT2D eigenvalue weighted by Gasteiger charge is -2.34. The Morgan fingerprint density at radius 2 is 1.82 bits per heavy atom. The van der Waals surface area contributed by atoms with Crippen LogP contribution < -0.4 is 15.4 Å². The Labute approximate surface area is 251 Å². The van der Waals surface area contributed by atoms with Crippen molar-refractivity contribution in [1.29, 1.82) is 5.26 Å². The number of H-pyrrole nitrogens is 1. The number of aromatic nitrogens is 3. The first-order valence-electron chi connectivity index (χ1n) is 14.2. The van der Waals surface area contributed by atoms with Crippen LogP contribution in [0.3, 0.4) is 0 Å². The van der Waals surface area contributed by atoms with Gasteiger partial charge in [0, 0.05) is 61.2 Å². The number of fused-ring (bicyclic) bond motifs is 1. The molecule has 0 unspecified atom stereocenters. The molecule has 3 heterocycles. The Kier molecular flexibility index (Phi) is 9.29. The largest absolute Gasteiger partial charge is 0.486 e. The van der Waals surface area contributed by atoms with Gasteiger partial charge < -0.3 is 20.4 Å². The molecule has 1 aliphatic rings. The molecule has 1 fully saturated rings. The molecule has 0 atom stereocenters. The molecule has 3 N–H and O–H groups in total. The lowest BCUT2D eigenvalue weighted by molar-refractivity contribution is -0.148. The van der Waals surface area contributed by atoms with Gasteiger partial charge in [0.25, 0.3) is 5.91 Å². The van der Waals surface area contributed by atoms with Crippen molar-refractivity contribution in [3.05, 3.63) is 71.7 Å². The van der Waals surface area contributed by atoms with Crippen molar-refractivity contribution in [3.8, 4) is 22.9 Å². The highest BCUT2D eigenvalue weighted by atomic mass is 19.3. The van der Waals surface area contributed by atoms with Crippen LogP contribution in [0.5, 0.6) is 5.75 Å². The third-order valence-corrected chi connectivity index (χ3v) is 7.68. The van der Waals surface area contributed by atoms with E-state index in [-0.39, 0.29) is 11.3 Å². The first-order chi connectivity index (χ1) is 21.1. The van der Waals surface area contributed by atoms with Crippen molar-refractivity contribution in [2.24, 2.45) is 5.73 Å². The highest BCUT2D eigenvalue weighted by Gasteiger charge is 2.42. The number of hydrogen-bond donors (Lipinski definition) is 2. The maximum Gasteiger partial charge on any atom is 0.340 e. The Balaban J connectivity index is 1.12. The number of nitrogens with one attached hydrogen (secondary N) is 1. The predicted molar refractivity (Wildman–Crippen MR) is 157 cm³/mol. The summed E-state index contributed by atoms with van der Waals surface area (Å²) in [7, 11) is 0. The van der Waals surface area contributed by atoms with Crippen molar-refractivity contribution in [1.82, 2.24) is 19.9 Å². The van der Waals surface area contributed by atoms with Crippen LogP contribution in [0, 0.1) is 11.3 Å². The minimum absolute atomic E-state index is 0.207. The van der Waals surface area contributed by atoms with E-state index in [4.69, 9.17) is 10.5 Å². The number of nitrogens with zero attached hydrogens (tertiary/aromatic N) is 5. The summed E-state index contributed by atoms with van der Waals surface area (Å²) in [5.74, 6) is -5.11. The molecule has 0 aliphatic carbocycles. The van der Waals surface area contributed by atoms with Gasteiger partial charge >= 0.3 is 12.3 Å².